The Morgan fingerprint density at radius 2 is 2.30 bits per heavy atom. The smallest absolute Gasteiger partial charge is 0.338 e. The average molecular weight is 293 g/mol. The van der Waals surface area contributed by atoms with Crippen LogP contribution in [0, 0.1) is 5.41 Å². The van der Waals surface area contributed by atoms with Crippen LogP contribution in [0.1, 0.15) is 37.6 Å². The zero-order valence-electron chi connectivity index (χ0n) is 12.4. The lowest BCUT2D eigenvalue weighted by atomic mass is 9.82. The van der Waals surface area contributed by atoms with E-state index >= 15 is 0 Å². The van der Waals surface area contributed by atoms with Gasteiger partial charge in [0.15, 0.2) is 0 Å². The van der Waals surface area contributed by atoms with E-state index in [1.165, 1.54) is 12.2 Å². The van der Waals surface area contributed by atoms with Crippen LogP contribution < -0.4 is 5.32 Å². The second kappa shape index (κ2) is 6.53. The Labute approximate surface area is 125 Å². The fourth-order valence-corrected chi connectivity index (χ4v) is 3.93. The third kappa shape index (κ3) is 3.69. The summed E-state index contributed by atoms with van der Waals surface area (Å²) in [5.74, 6) is 2.08. The molecule has 110 valence electrons. The fourth-order valence-electron chi connectivity index (χ4n) is 2.32. The highest BCUT2D eigenvalue weighted by molar-refractivity contribution is 7.99. The molecular formula is C16H23NO2S. The number of rotatable bonds is 4. The summed E-state index contributed by atoms with van der Waals surface area (Å²) in [7, 11) is 0. The summed E-state index contributed by atoms with van der Waals surface area (Å²) in [6, 6.07) is 8.02. The predicted octanol–water partition coefficient (Wildman–Crippen LogP) is 3.81. The van der Waals surface area contributed by atoms with Gasteiger partial charge in [-0.25, -0.2) is 4.79 Å². The lowest BCUT2D eigenvalue weighted by Gasteiger charge is -2.39. The minimum atomic E-state index is -0.256. The molecule has 0 aromatic heterocycles. The summed E-state index contributed by atoms with van der Waals surface area (Å²) in [4.78, 5) is 11.8. The van der Waals surface area contributed by atoms with Crippen LogP contribution in [0.2, 0.25) is 0 Å². The van der Waals surface area contributed by atoms with Gasteiger partial charge in [0.2, 0.25) is 0 Å². The quantitative estimate of drug-likeness (QED) is 0.857. The first-order valence-corrected chi connectivity index (χ1v) is 8.30. The molecule has 20 heavy (non-hydrogen) atoms. The molecule has 0 aliphatic carbocycles. The number of anilines is 1. The number of nitrogens with one attached hydrogen (secondary N) is 1. The van der Waals surface area contributed by atoms with Gasteiger partial charge < -0.3 is 10.1 Å². The minimum Gasteiger partial charge on any atom is -0.462 e. The largest absolute Gasteiger partial charge is 0.462 e. The van der Waals surface area contributed by atoms with Crippen LogP contribution in [-0.4, -0.2) is 30.1 Å². The van der Waals surface area contributed by atoms with Gasteiger partial charge in [-0.15, -0.1) is 0 Å². The van der Waals surface area contributed by atoms with E-state index in [1.54, 1.807) is 6.07 Å². The molecule has 1 N–H and O–H groups in total. The van der Waals surface area contributed by atoms with Gasteiger partial charge in [0, 0.05) is 17.5 Å². The van der Waals surface area contributed by atoms with Gasteiger partial charge in [-0.05, 0) is 42.7 Å². The highest BCUT2D eigenvalue weighted by Gasteiger charge is 2.32. The molecule has 1 unspecified atom stereocenters. The third-order valence-corrected chi connectivity index (χ3v) is 4.90. The third-order valence-electron chi connectivity index (χ3n) is 3.83. The van der Waals surface area contributed by atoms with Gasteiger partial charge in [-0.2, -0.15) is 11.8 Å². The number of esters is 1. The first-order valence-electron chi connectivity index (χ1n) is 7.14. The standard InChI is InChI=1S/C16H23NO2S/c1-4-19-15(18)12-6-5-7-13(10-12)17-14-11-20-9-8-16(14,2)3/h5-7,10,14,17H,4,8-9,11H2,1-3H3. The number of carbonyl (C=O) groups excluding carboxylic acids is 1. The Morgan fingerprint density at radius 1 is 1.50 bits per heavy atom. The van der Waals surface area contributed by atoms with Crippen molar-refractivity contribution in [1.82, 2.24) is 0 Å². The van der Waals surface area contributed by atoms with Crippen LogP contribution in [0.25, 0.3) is 0 Å². The van der Waals surface area contributed by atoms with Gasteiger partial charge >= 0.3 is 5.97 Å². The summed E-state index contributed by atoms with van der Waals surface area (Å²) in [6.45, 7) is 6.84. The highest BCUT2D eigenvalue weighted by Crippen LogP contribution is 2.36. The molecule has 1 fully saturated rings. The summed E-state index contributed by atoms with van der Waals surface area (Å²) in [5, 5.41) is 3.58. The van der Waals surface area contributed by atoms with Crippen molar-refractivity contribution in [1.29, 1.82) is 0 Å². The summed E-state index contributed by atoms with van der Waals surface area (Å²) >= 11 is 1.99. The van der Waals surface area contributed by atoms with Gasteiger partial charge in [-0.3, -0.25) is 0 Å². The van der Waals surface area contributed by atoms with Crippen molar-refractivity contribution in [2.45, 2.75) is 33.2 Å². The van der Waals surface area contributed by atoms with E-state index < -0.39 is 0 Å². The molecule has 0 amide bonds. The molecule has 1 aliphatic rings. The molecule has 1 atom stereocenters. The van der Waals surface area contributed by atoms with E-state index in [0.717, 1.165) is 11.4 Å². The van der Waals surface area contributed by atoms with Gasteiger partial charge in [0.1, 0.15) is 0 Å². The van der Waals surface area contributed by atoms with Gasteiger partial charge in [0.25, 0.3) is 0 Å². The summed E-state index contributed by atoms with van der Waals surface area (Å²) in [6.07, 6.45) is 1.22. The van der Waals surface area contributed by atoms with Gasteiger partial charge in [-0.1, -0.05) is 19.9 Å². The van der Waals surface area contributed by atoms with Crippen molar-refractivity contribution >= 4 is 23.4 Å². The maximum absolute atomic E-state index is 11.8. The number of carbonyl (C=O) groups is 1. The molecule has 0 radical (unpaired) electrons. The Morgan fingerprint density at radius 3 is 3.00 bits per heavy atom. The Balaban J connectivity index is 2.09. The number of ether oxygens (including phenoxy) is 1. The van der Waals surface area contributed by atoms with Gasteiger partial charge in [0.05, 0.1) is 12.2 Å². The van der Waals surface area contributed by atoms with Crippen LogP contribution >= 0.6 is 11.8 Å². The molecule has 0 saturated carbocycles. The molecule has 0 bridgehead atoms. The van der Waals surface area contributed by atoms with Crippen molar-refractivity contribution in [2.75, 3.05) is 23.4 Å². The summed E-state index contributed by atoms with van der Waals surface area (Å²) in [5.41, 5.74) is 1.89. The normalized spacial score (nSPS) is 21.2. The molecule has 3 nitrogen and oxygen atoms in total. The molecule has 0 spiro atoms. The molecule has 1 aliphatic heterocycles. The first-order chi connectivity index (χ1) is 9.53. The Kier molecular flexibility index (Phi) is 4.97. The first kappa shape index (κ1) is 15.2. The lowest BCUT2D eigenvalue weighted by Crippen LogP contribution is -2.41. The van der Waals surface area contributed by atoms with Crippen molar-refractivity contribution in [3.63, 3.8) is 0 Å². The Bertz CT molecular complexity index is 473. The number of hydrogen-bond acceptors (Lipinski definition) is 4. The zero-order chi connectivity index (χ0) is 14.6. The zero-order valence-corrected chi connectivity index (χ0v) is 13.3. The second-order valence-corrected chi connectivity index (χ2v) is 6.96. The predicted molar refractivity (Wildman–Crippen MR) is 85.5 cm³/mol. The second-order valence-electron chi connectivity index (χ2n) is 5.81. The van der Waals surface area contributed by atoms with Crippen molar-refractivity contribution in [2.24, 2.45) is 5.41 Å². The van der Waals surface area contributed by atoms with Crippen LogP contribution in [0.4, 0.5) is 5.69 Å². The molecule has 4 heteroatoms. The molecule has 1 aromatic rings. The van der Waals surface area contributed by atoms with E-state index in [2.05, 4.69) is 19.2 Å². The molecule has 2 rings (SSSR count). The number of hydrogen-bond donors (Lipinski definition) is 1. The Hall–Kier alpha value is -1.16. The summed E-state index contributed by atoms with van der Waals surface area (Å²) < 4.78 is 5.04. The fraction of sp³-hybridized carbons (Fsp3) is 0.562. The van der Waals surface area contributed by atoms with E-state index in [1.807, 2.05) is 36.9 Å². The SMILES string of the molecule is CCOC(=O)c1cccc(NC2CSCCC2(C)C)c1. The van der Waals surface area contributed by atoms with E-state index in [0.29, 0.717) is 18.2 Å². The minimum absolute atomic E-state index is 0.256. The van der Waals surface area contributed by atoms with Crippen LogP contribution in [-0.2, 0) is 4.74 Å². The number of benzene rings is 1. The van der Waals surface area contributed by atoms with Crippen molar-refractivity contribution in [3.8, 4) is 0 Å². The molecule has 1 heterocycles. The molecule has 1 aromatic carbocycles. The molecule has 1 saturated heterocycles. The van der Waals surface area contributed by atoms with E-state index in [4.69, 9.17) is 4.74 Å². The van der Waals surface area contributed by atoms with Crippen LogP contribution in [0.3, 0.4) is 0 Å². The lowest BCUT2D eigenvalue weighted by molar-refractivity contribution is 0.0526. The number of thioether (sulfide) groups is 1. The van der Waals surface area contributed by atoms with E-state index in [9.17, 15) is 4.79 Å². The monoisotopic (exact) mass is 293 g/mol. The van der Waals surface area contributed by atoms with E-state index in [-0.39, 0.29) is 11.4 Å². The average Bonchev–Trinajstić information content (AvgIpc) is 2.42. The highest BCUT2D eigenvalue weighted by atomic mass is 32.2. The molecular weight excluding hydrogens is 270 g/mol. The maximum atomic E-state index is 11.8. The van der Waals surface area contributed by atoms with Crippen molar-refractivity contribution in [3.05, 3.63) is 29.8 Å². The van der Waals surface area contributed by atoms with Crippen molar-refractivity contribution < 1.29 is 9.53 Å². The topological polar surface area (TPSA) is 38.3 Å². The van der Waals surface area contributed by atoms with Crippen LogP contribution in [0.5, 0.6) is 0 Å². The maximum Gasteiger partial charge on any atom is 0.338 e. The van der Waals surface area contributed by atoms with Crippen LogP contribution in [0.15, 0.2) is 24.3 Å².